The van der Waals surface area contributed by atoms with Gasteiger partial charge in [-0.25, -0.2) is 0 Å². The fourth-order valence-electron chi connectivity index (χ4n) is 2.92. The lowest BCUT2D eigenvalue weighted by Gasteiger charge is -2.38. The summed E-state index contributed by atoms with van der Waals surface area (Å²) < 4.78 is 24.2. The van der Waals surface area contributed by atoms with E-state index >= 15 is 0 Å². The van der Waals surface area contributed by atoms with Gasteiger partial charge >= 0.3 is 5.97 Å². The van der Waals surface area contributed by atoms with Gasteiger partial charge in [0, 0.05) is 11.8 Å². The van der Waals surface area contributed by atoms with Gasteiger partial charge in [0.05, 0.1) is 12.6 Å². The van der Waals surface area contributed by atoms with E-state index in [2.05, 4.69) is 33.9 Å². The van der Waals surface area contributed by atoms with Gasteiger partial charge in [0.15, 0.2) is 20.2 Å². The predicted molar refractivity (Wildman–Crippen MR) is 114 cm³/mol. The van der Waals surface area contributed by atoms with Gasteiger partial charge < -0.3 is 24.4 Å². The van der Waals surface area contributed by atoms with Gasteiger partial charge in [-0.1, -0.05) is 26.8 Å². The van der Waals surface area contributed by atoms with E-state index in [0.29, 0.717) is 6.61 Å². The third-order valence-electron chi connectivity index (χ3n) is 5.44. The molecule has 0 aliphatic carbocycles. The lowest BCUT2D eigenvalue weighted by molar-refractivity contribution is -0.170. The highest BCUT2D eigenvalue weighted by Gasteiger charge is 2.50. The summed E-state index contributed by atoms with van der Waals surface area (Å²) in [6.07, 6.45) is -1.52. The van der Waals surface area contributed by atoms with Crippen LogP contribution in [0.25, 0.3) is 0 Å². The number of hydrogen-bond acceptors (Lipinski definition) is 7. The number of carbonyl (C=O) groups is 1. The molecule has 1 fully saturated rings. The van der Waals surface area contributed by atoms with E-state index < -0.39 is 38.5 Å². The molecule has 1 aliphatic rings. The number of ether oxygens (including phenoxy) is 3. The van der Waals surface area contributed by atoms with Crippen LogP contribution in [0.3, 0.4) is 0 Å². The number of esters is 1. The topological polar surface area (TPSA) is 80.0 Å². The van der Waals surface area contributed by atoms with Crippen LogP contribution in [-0.4, -0.2) is 44.9 Å². The van der Waals surface area contributed by atoms with Crippen LogP contribution in [0.4, 0.5) is 0 Å². The molecule has 8 heteroatoms. The van der Waals surface area contributed by atoms with Gasteiger partial charge in [0.25, 0.3) is 0 Å². The van der Waals surface area contributed by atoms with Crippen LogP contribution in [-0.2, 0) is 23.4 Å². The van der Waals surface area contributed by atoms with Crippen LogP contribution in [0.15, 0.2) is 17.5 Å². The minimum absolute atomic E-state index is 0.0929. The first kappa shape index (κ1) is 23.5. The lowest BCUT2D eigenvalue weighted by atomic mass is 10.0. The van der Waals surface area contributed by atoms with E-state index in [1.54, 1.807) is 0 Å². The van der Waals surface area contributed by atoms with Crippen molar-refractivity contribution in [2.45, 2.75) is 89.8 Å². The number of thiophene rings is 1. The van der Waals surface area contributed by atoms with Crippen molar-refractivity contribution in [2.24, 2.45) is 5.73 Å². The Morgan fingerprint density at radius 3 is 2.43 bits per heavy atom. The third-order valence-corrected chi connectivity index (χ3v) is 10.9. The van der Waals surface area contributed by atoms with Crippen LogP contribution in [0, 0.1) is 0 Å². The quantitative estimate of drug-likeness (QED) is 0.516. The first-order valence-electron chi connectivity index (χ1n) is 9.69. The zero-order valence-electron chi connectivity index (χ0n) is 18.3. The number of nitrogens with two attached hydrogens (primary N) is 1. The Morgan fingerprint density at radius 2 is 1.93 bits per heavy atom. The van der Waals surface area contributed by atoms with Crippen molar-refractivity contribution in [3.63, 3.8) is 0 Å². The van der Waals surface area contributed by atoms with Gasteiger partial charge in [-0.15, -0.1) is 11.3 Å². The lowest BCUT2D eigenvalue weighted by Crippen LogP contribution is -2.50. The maximum atomic E-state index is 11.7. The van der Waals surface area contributed by atoms with Gasteiger partial charge in [0.1, 0.15) is 12.2 Å². The first-order chi connectivity index (χ1) is 12.7. The molecule has 0 amide bonds. The second kappa shape index (κ2) is 8.53. The van der Waals surface area contributed by atoms with Crippen molar-refractivity contribution < 1.29 is 23.4 Å². The molecule has 1 aromatic rings. The maximum absolute atomic E-state index is 11.7. The molecular formula is C20H35NO5SSi. The Labute approximate surface area is 173 Å². The Hall–Kier alpha value is -0.773. The highest BCUT2D eigenvalue weighted by atomic mass is 32.1. The largest absolute Gasteiger partial charge is 0.454 e. The minimum atomic E-state index is -1.94. The average molecular weight is 430 g/mol. The van der Waals surface area contributed by atoms with Crippen molar-refractivity contribution >= 4 is 25.6 Å². The maximum Gasteiger partial charge on any atom is 0.303 e. The van der Waals surface area contributed by atoms with Gasteiger partial charge in [0.2, 0.25) is 0 Å². The van der Waals surface area contributed by atoms with Crippen LogP contribution in [0.5, 0.6) is 0 Å². The molecule has 0 spiro atoms. The second-order valence-corrected chi connectivity index (χ2v) is 15.1. The van der Waals surface area contributed by atoms with E-state index in [0.717, 1.165) is 4.88 Å². The summed E-state index contributed by atoms with van der Waals surface area (Å²) in [5.74, 6) is -1.18. The van der Waals surface area contributed by atoms with Crippen molar-refractivity contribution in [1.82, 2.24) is 0 Å². The zero-order valence-corrected chi connectivity index (χ0v) is 20.1. The predicted octanol–water partition coefficient (Wildman–Crippen LogP) is 4.22. The molecule has 2 heterocycles. The summed E-state index contributed by atoms with van der Waals surface area (Å²) in [5, 5.41) is 2.04. The van der Waals surface area contributed by atoms with E-state index in [1.807, 2.05) is 31.4 Å². The molecule has 6 nitrogen and oxygen atoms in total. The summed E-state index contributed by atoms with van der Waals surface area (Å²) in [6, 6.07) is 3.45. The molecule has 1 aliphatic heterocycles. The van der Waals surface area contributed by atoms with Crippen LogP contribution >= 0.6 is 11.3 Å². The minimum Gasteiger partial charge on any atom is -0.454 e. The van der Waals surface area contributed by atoms with Crippen LogP contribution < -0.4 is 5.73 Å². The standard InChI is InChI=1S/C20H35NO5SSi/c1-13(22)24-17(15-10-9-11-27-15)18-16(25-20(5,6)26-18)14(21)12-23-28(7,8)19(2,3)4/h9-11,14,16-18H,12,21H2,1-8H3/t14-,16-,17?,18+/m1/s1. The Balaban J connectivity index is 2.21. The summed E-state index contributed by atoms with van der Waals surface area (Å²) in [7, 11) is -1.94. The average Bonchev–Trinajstić information content (AvgIpc) is 3.16. The molecule has 2 N–H and O–H groups in total. The summed E-state index contributed by atoms with van der Waals surface area (Å²) >= 11 is 1.52. The van der Waals surface area contributed by atoms with E-state index in [9.17, 15) is 4.79 Å². The fraction of sp³-hybridized carbons (Fsp3) is 0.750. The highest BCUT2D eigenvalue weighted by Crippen LogP contribution is 2.41. The summed E-state index contributed by atoms with van der Waals surface area (Å²) in [4.78, 5) is 12.7. The van der Waals surface area contributed by atoms with E-state index in [4.69, 9.17) is 24.4 Å². The normalized spacial score (nSPS) is 24.8. The molecule has 0 radical (unpaired) electrons. The molecule has 0 aromatic carbocycles. The van der Waals surface area contributed by atoms with Crippen molar-refractivity contribution in [2.75, 3.05) is 6.61 Å². The van der Waals surface area contributed by atoms with Gasteiger partial charge in [-0.05, 0) is 43.4 Å². The summed E-state index contributed by atoms with van der Waals surface area (Å²) in [6.45, 7) is 16.4. The molecule has 28 heavy (non-hydrogen) atoms. The fourth-order valence-corrected chi connectivity index (χ4v) is 4.75. The Kier molecular flexibility index (Phi) is 7.16. The van der Waals surface area contributed by atoms with Gasteiger partial charge in [-0.2, -0.15) is 0 Å². The smallest absolute Gasteiger partial charge is 0.303 e. The molecule has 1 unspecified atom stereocenters. The SMILES string of the molecule is CC(=O)OC(c1cccs1)[C@H]1OC(C)(C)O[C@@H]1[C@H](N)CO[Si](C)(C)C(C)(C)C. The van der Waals surface area contributed by atoms with E-state index in [1.165, 1.54) is 18.3 Å². The second-order valence-electron chi connectivity index (χ2n) is 9.35. The monoisotopic (exact) mass is 429 g/mol. The molecule has 1 aromatic heterocycles. The summed E-state index contributed by atoms with van der Waals surface area (Å²) in [5.41, 5.74) is 6.52. The van der Waals surface area contributed by atoms with Crippen molar-refractivity contribution in [1.29, 1.82) is 0 Å². The first-order valence-corrected chi connectivity index (χ1v) is 13.5. The van der Waals surface area contributed by atoms with Gasteiger partial charge in [-0.3, -0.25) is 4.79 Å². The van der Waals surface area contributed by atoms with Crippen LogP contribution in [0.2, 0.25) is 18.1 Å². The molecule has 1 saturated heterocycles. The van der Waals surface area contributed by atoms with Crippen molar-refractivity contribution in [3.8, 4) is 0 Å². The number of rotatable bonds is 7. The Morgan fingerprint density at radius 1 is 1.32 bits per heavy atom. The number of carbonyl (C=O) groups excluding carboxylic acids is 1. The molecule has 0 bridgehead atoms. The zero-order chi connectivity index (χ0) is 21.3. The molecule has 4 atom stereocenters. The highest BCUT2D eigenvalue weighted by molar-refractivity contribution is 7.10. The Bertz CT molecular complexity index is 656. The van der Waals surface area contributed by atoms with E-state index in [-0.39, 0.29) is 11.0 Å². The molecular weight excluding hydrogens is 394 g/mol. The third kappa shape index (κ3) is 5.64. The van der Waals surface area contributed by atoms with Crippen LogP contribution in [0.1, 0.15) is 52.5 Å². The molecule has 160 valence electrons. The van der Waals surface area contributed by atoms with Crippen molar-refractivity contribution in [3.05, 3.63) is 22.4 Å². The number of hydrogen-bond donors (Lipinski definition) is 1. The molecule has 0 saturated carbocycles. The molecule has 2 rings (SSSR count).